The minimum atomic E-state index is -0.0113. The van der Waals surface area contributed by atoms with E-state index in [2.05, 4.69) is 22.4 Å². The fourth-order valence-electron chi connectivity index (χ4n) is 3.14. The highest BCUT2D eigenvalue weighted by atomic mass is 35.5. The molecule has 0 bridgehead atoms. The average Bonchev–Trinajstić information content (AvgIpc) is 2.96. The summed E-state index contributed by atoms with van der Waals surface area (Å²) in [5, 5.41) is 12.7. The first kappa shape index (κ1) is 19.3. The van der Waals surface area contributed by atoms with Crippen LogP contribution in [0.25, 0.3) is 11.4 Å². The topological polar surface area (TPSA) is 85.8 Å². The van der Waals surface area contributed by atoms with Crippen LogP contribution in [0.4, 0.5) is 0 Å². The molecule has 6 nitrogen and oxygen atoms in total. The van der Waals surface area contributed by atoms with Gasteiger partial charge in [-0.1, -0.05) is 54.7 Å². The SMILES string of the molecule is C[C@H]1CCCC[C@@H]1NC(=O)CSc1nnc(-c2ccc(Cl)cc2Cl)n1N. The summed E-state index contributed by atoms with van der Waals surface area (Å²) in [5.41, 5.74) is 0.637. The van der Waals surface area contributed by atoms with Gasteiger partial charge < -0.3 is 11.2 Å². The predicted molar refractivity (Wildman–Crippen MR) is 106 cm³/mol. The van der Waals surface area contributed by atoms with Crippen molar-refractivity contribution in [3.05, 3.63) is 28.2 Å². The number of carbonyl (C=O) groups excluding carboxylic acids is 1. The second kappa shape index (κ2) is 8.50. The fraction of sp³-hybridized carbons (Fsp3) is 0.471. The molecule has 1 heterocycles. The molecule has 0 radical (unpaired) electrons. The maximum atomic E-state index is 12.2. The molecule has 1 aliphatic rings. The van der Waals surface area contributed by atoms with Crippen molar-refractivity contribution in [1.82, 2.24) is 20.2 Å². The molecule has 0 aliphatic heterocycles. The third-order valence-corrected chi connectivity index (χ3v) is 6.12. The molecule has 26 heavy (non-hydrogen) atoms. The maximum absolute atomic E-state index is 12.2. The summed E-state index contributed by atoms with van der Waals surface area (Å²) in [6, 6.07) is 5.34. The minimum Gasteiger partial charge on any atom is -0.352 e. The number of amides is 1. The molecule has 2 aromatic rings. The third-order valence-electron chi connectivity index (χ3n) is 4.63. The van der Waals surface area contributed by atoms with Gasteiger partial charge >= 0.3 is 0 Å². The Balaban J connectivity index is 1.62. The summed E-state index contributed by atoms with van der Waals surface area (Å²) in [6.45, 7) is 2.19. The molecule has 1 saturated carbocycles. The average molecular weight is 414 g/mol. The largest absolute Gasteiger partial charge is 0.352 e. The van der Waals surface area contributed by atoms with Gasteiger partial charge in [-0.3, -0.25) is 4.79 Å². The number of aromatic nitrogens is 3. The lowest BCUT2D eigenvalue weighted by atomic mass is 9.86. The smallest absolute Gasteiger partial charge is 0.230 e. The molecule has 0 spiro atoms. The molecule has 9 heteroatoms. The van der Waals surface area contributed by atoms with Gasteiger partial charge in [-0.05, 0) is 37.0 Å². The van der Waals surface area contributed by atoms with Crippen LogP contribution in [0.5, 0.6) is 0 Å². The third kappa shape index (κ3) is 4.45. The number of nitrogens with one attached hydrogen (secondary N) is 1. The van der Waals surface area contributed by atoms with E-state index in [-0.39, 0.29) is 17.7 Å². The van der Waals surface area contributed by atoms with Gasteiger partial charge in [0.15, 0.2) is 5.82 Å². The molecule has 1 fully saturated rings. The normalized spacial score (nSPS) is 20.1. The zero-order valence-corrected chi connectivity index (χ0v) is 16.7. The van der Waals surface area contributed by atoms with Gasteiger partial charge in [-0.15, -0.1) is 10.2 Å². The predicted octanol–water partition coefficient (Wildman–Crippen LogP) is 3.75. The summed E-state index contributed by atoms with van der Waals surface area (Å²) < 4.78 is 1.34. The summed E-state index contributed by atoms with van der Waals surface area (Å²) in [5.74, 6) is 7.26. The van der Waals surface area contributed by atoms with Gasteiger partial charge in [-0.2, -0.15) is 0 Å². The molecule has 2 atom stereocenters. The summed E-state index contributed by atoms with van der Waals surface area (Å²) >= 11 is 13.4. The maximum Gasteiger partial charge on any atom is 0.230 e. The summed E-state index contributed by atoms with van der Waals surface area (Å²) in [6.07, 6.45) is 4.63. The minimum absolute atomic E-state index is 0.0113. The Labute approximate surface area is 166 Å². The van der Waals surface area contributed by atoms with E-state index in [0.717, 1.165) is 6.42 Å². The van der Waals surface area contributed by atoms with E-state index in [0.29, 0.717) is 32.5 Å². The van der Waals surface area contributed by atoms with Crippen molar-refractivity contribution in [2.45, 2.75) is 43.8 Å². The van der Waals surface area contributed by atoms with Gasteiger partial charge in [-0.25, -0.2) is 4.68 Å². The van der Waals surface area contributed by atoms with Crippen LogP contribution in [0.15, 0.2) is 23.4 Å². The first-order valence-electron chi connectivity index (χ1n) is 8.53. The number of nitrogens with zero attached hydrogens (tertiary/aromatic N) is 3. The zero-order valence-electron chi connectivity index (χ0n) is 14.4. The van der Waals surface area contributed by atoms with E-state index in [1.54, 1.807) is 18.2 Å². The number of hydrogen-bond acceptors (Lipinski definition) is 5. The first-order chi connectivity index (χ1) is 12.5. The summed E-state index contributed by atoms with van der Waals surface area (Å²) in [7, 11) is 0. The highest BCUT2D eigenvalue weighted by Crippen LogP contribution is 2.30. The van der Waals surface area contributed by atoms with Gasteiger partial charge in [0.2, 0.25) is 11.1 Å². The van der Waals surface area contributed by atoms with Crippen LogP contribution in [-0.2, 0) is 4.79 Å². The monoisotopic (exact) mass is 413 g/mol. The molecule has 0 saturated heterocycles. The Morgan fingerprint density at radius 2 is 2.12 bits per heavy atom. The van der Waals surface area contributed by atoms with Crippen LogP contribution in [0.3, 0.4) is 0 Å². The van der Waals surface area contributed by atoms with Crippen molar-refractivity contribution in [2.75, 3.05) is 11.6 Å². The lowest BCUT2D eigenvalue weighted by Gasteiger charge is -2.29. The van der Waals surface area contributed by atoms with Crippen molar-refractivity contribution in [2.24, 2.45) is 5.92 Å². The molecular weight excluding hydrogens is 393 g/mol. The quantitative estimate of drug-likeness (QED) is 0.575. The zero-order chi connectivity index (χ0) is 18.7. The first-order valence-corrected chi connectivity index (χ1v) is 10.3. The van der Waals surface area contributed by atoms with Gasteiger partial charge in [0, 0.05) is 16.6 Å². The molecule has 1 amide bonds. The highest BCUT2D eigenvalue weighted by molar-refractivity contribution is 7.99. The highest BCUT2D eigenvalue weighted by Gasteiger charge is 2.23. The molecule has 1 aromatic heterocycles. The van der Waals surface area contributed by atoms with Gasteiger partial charge in [0.25, 0.3) is 0 Å². The van der Waals surface area contributed by atoms with Crippen molar-refractivity contribution in [1.29, 1.82) is 0 Å². The number of nitrogens with two attached hydrogens (primary N) is 1. The van der Waals surface area contributed by atoms with E-state index in [1.807, 2.05) is 0 Å². The van der Waals surface area contributed by atoms with E-state index < -0.39 is 0 Å². The van der Waals surface area contributed by atoms with Crippen molar-refractivity contribution in [3.8, 4) is 11.4 Å². The van der Waals surface area contributed by atoms with Crippen molar-refractivity contribution < 1.29 is 4.79 Å². The molecule has 140 valence electrons. The Morgan fingerprint density at radius 1 is 1.35 bits per heavy atom. The number of benzene rings is 1. The second-order valence-electron chi connectivity index (χ2n) is 6.52. The number of thioether (sulfide) groups is 1. The van der Waals surface area contributed by atoms with Crippen LogP contribution in [0.2, 0.25) is 10.0 Å². The molecule has 3 N–H and O–H groups in total. The van der Waals surface area contributed by atoms with E-state index in [1.165, 1.54) is 35.7 Å². The Hall–Kier alpha value is -1.44. The fourth-order valence-corrected chi connectivity index (χ4v) is 4.30. The molecule has 1 aromatic carbocycles. The van der Waals surface area contributed by atoms with Gasteiger partial charge in [0.1, 0.15) is 0 Å². The standard InChI is InChI=1S/C17H21Cl2N5OS/c1-10-4-2-3-5-14(10)21-15(25)9-26-17-23-22-16(24(17)20)12-7-6-11(18)8-13(12)19/h6-8,10,14H,2-5,9,20H2,1H3,(H,21,25)/t10-,14-/m0/s1. The number of rotatable bonds is 5. The second-order valence-corrected chi connectivity index (χ2v) is 8.31. The van der Waals surface area contributed by atoms with Crippen LogP contribution >= 0.6 is 35.0 Å². The number of nitrogen functional groups attached to an aromatic ring is 1. The Kier molecular flexibility index (Phi) is 6.32. The lowest BCUT2D eigenvalue weighted by molar-refractivity contribution is -0.119. The number of halogens is 2. The lowest BCUT2D eigenvalue weighted by Crippen LogP contribution is -2.41. The Bertz CT molecular complexity index is 797. The number of hydrogen-bond donors (Lipinski definition) is 2. The van der Waals surface area contributed by atoms with Crippen molar-refractivity contribution in [3.63, 3.8) is 0 Å². The Morgan fingerprint density at radius 3 is 2.85 bits per heavy atom. The van der Waals surface area contributed by atoms with Crippen LogP contribution in [-0.4, -0.2) is 32.6 Å². The number of carbonyl (C=O) groups is 1. The van der Waals surface area contributed by atoms with Crippen LogP contribution in [0, 0.1) is 5.92 Å². The summed E-state index contributed by atoms with van der Waals surface area (Å²) in [4.78, 5) is 12.2. The van der Waals surface area contributed by atoms with Gasteiger partial charge in [0.05, 0.1) is 10.8 Å². The molecule has 3 rings (SSSR count). The molecule has 0 unspecified atom stereocenters. The van der Waals surface area contributed by atoms with Crippen LogP contribution in [0.1, 0.15) is 32.6 Å². The molecular formula is C17H21Cl2N5OS. The van der Waals surface area contributed by atoms with Crippen molar-refractivity contribution >= 4 is 40.9 Å². The van der Waals surface area contributed by atoms with E-state index >= 15 is 0 Å². The molecule has 1 aliphatic carbocycles. The van der Waals surface area contributed by atoms with Crippen LogP contribution < -0.4 is 11.2 Å². The van der Waals surface area contributed by atoms with E-state index in [4.69, 9.17) is 29.0 Å². The van der Waals surface area contributed by atoms with E-state index in [9.17, 15) is 4.79 Å².